The van der Waals surface area contributed by atoms with Gasteiger partial charge in [0, 0.05) is 30.4 Å². The molecule has 2 N–H and O–H groups in total. The highest BCUT2D eigenvalue weighted by Gasteiger charge is 2.47. The van der Waals surface area contributed by atoms with Crippen LogP contribution in [-0.4, -0.2) is 59.9 Å². The molecule has 27 heavy (non-hydrogen) atoms. The minimum atomic E-state index is -0.563. The van der Waals surface area contributed by atoms with Crippen molar-refractivity contribution in [1.82, 2.24) is 0 Å². The summed E-state index contributed by atoms with van der Waals surface area (Å²) in [5.41, 5.74) is 0. The van der Waals surface area contributed by atoms with Gasteiger partial charge in [0.25, 0.3) is 0 Å². The molecule has 2 fully saturated rings. The molecular formula is C21H36O6. The molecule has 0 spiro atoms. The number of aliphatic hydroxyl groups is 2. The van der Waals surface area contributed by atoms with Crippen LogP contribution in [0.25, 0.3) is 0 Å². The molecule has 2 aliphatic heterocycles. The van der Waals surface area contributed by atoms with Crippen LogP contribution in [-0.2, 0) is 19.0 Å². The molecule has 0 aromatic carbocycles. The van der Waals surface area contributed by atoms with Gasteiger partial charge in [-0.1, -0.05) is 27.7 Å². The van der Waals surface area contributed by atoms with E-state index in [0.29, 0.717) is 12.5 Å². The number of hydrogen-bond donors (Lipinski definition) is 2. The van der Waals surface area contributed by atoms with Gasteiger partial charge in [0.2, 0.25) is 0 Å². The molecular weight excluding hydrogens is 348 g/mol. The number of carbonyl (C=O) groups is 1. The number of rotatable bonds is 9. The third-order valence-electron chi connectivity index (χ3n) is 6.11. The van der Waals surface area contributed by atoms with Gasteiger partial charge in [-0.3, -0.25) is 0 Å². The molecule has 0 amide bonds. The number of epoxide rings is 1. The average Bonchev–Trinajstić information content (AvgIpc) is 3.44. The highest BCUT2D eigenvalue weighted by Crippen LogP contribution is 2.39. The Kier molecular flexibility index (Phi) is 8.28. The van der Waals surface area contributed by atoms with E-state index in [1.54, 1.807) is 13.0 Å². The van der Waals surface area contributed by atoms with Crippen LogP contribution in [0.3, 0.4) is 0 Å². The number of carbonyl (C=O) groups excluding carboxylic acids is 1. The van der Waals surface area contributed by atoms with Gasteiger partial charge < -0.3 is 24.4 Å². The molecule has 6 nitrogen and oxygen atoms in total. The smallest absolute Gasteiger partial charge is 0.330 e. The monoisotopic (exact) mass is 384 g/mol. The first-order valence-corrected chi connectivity index (χ1v) is 10.2. The Morgan fingerprint density at radius 1 is 1.19 bits per heavy atom. The van der Waals surface area contributed by atoms with Crippen LogP contribution in [0.15, 0.2) is 12.2 Å². The molecule has 0 radical (unpaired) electrons. The third-order valence-corrected chi connectivity index (χ3v) is 6.11. The summed E-state index contributed by atoms with van der Waals surface area (Å²) in [7, 11) is 0. The quantitative estimate of drug-likeness (QED) is 0.360. The molecule has 2 heterocycles. The Labute approximate surface area is 162 Å². The van der Waals surface area contributed by atoms with Crippen molar-refractivity contribution in [3.63, 3.8) is 0 Å². The van der Waals surface area contributed by atoms with Gasteiger partial charge >= 0.3 is 5.97 Å². The van der Waals surface area contributed by atoms with Crippen LogP contribution in [0.5, 0.6) is 0 Å². The van der Waals surface area contributed by atoms with E-state index < -0.39 is 6.10 Å². The van der Waals surface area contributed by atoms with Gasteiger partial charge in [-0.25, -0.2) is 4.79 Å². The standard InChI is InChI=1S/C21H36O6/c1-6-25-18(23)10-9-17-21(27-17)15(5)19(24)14(4)20-12(2)7-8-16(26-20)13(3)11-22/h9-10,12-17,19-22,24H,6-8,11H2,1-5H3/b10-9+/t12-,13+,14-,15+,16-,17+,19+,20-,21+/m0/s1. The van der Waals surface area contributed by atoms with Crippen molar-refractivity contribution in [3.05, 3.63) is 12.2 Å². The summed E-state index contributed by atoms with van der Waals surface area (Å²) in [5, 5.41) is 20.3. The maximum Gasteiger partial charge on any atom is 0.330 e. The Hall–Kier alpha value is -0.950. The van der Waals surface area contributed by atoms with Crippen LogP contribution >= 0.6 is 0 Å². The van der Waals surface area contributed by atoms with E-state index in [2.05, 4.69) is 6.92 Å². The van der Waals surface area contributed by atoms with Gasteiger partial charge in [0.05, 0.1) is 31.0 Å². The fourth-order valence-electron chi connectivity index (χ4n) is 4.12. The highest BCUT2D eigenvalue weighted by molar-refractivity contribution is 5.82. The second-order valence-corrected chi connectivity index (χ2v) is 8.24. The average molecular weight is 385 g/mol. The van der Waals surface area contributed by atoms with E-state index in [1.165, 1.54) is 6.08 Å². The summed E-state index contributed by atoms with van der Waals surface area (Å²) in [6.07, 6.45) is 4.27. The van der Waals surface area contributed by atoms with Gasteiger partial charge in [0.1, 0.15) is 6.10 Å². The molecule has 2 aliphatic rings. The zero-order valence-electron chi connectivity index (χ0n) is 17.2. The van der Waals surface area contributed by atoms with Crippen molar-refractivity contribution < 1.29 is 29.2 Å². The Morgan fingerprint density at radius 3 is 2.48 bits per heavy atom. The fourth-order valence-corrected chi connectivity index (χ4v) is 4.12. The van der Waals surface area contributed by atoms with E-state index in [0.717, 1.165) is 12.8 Å². The van der Waals surface area contributed by atoms with Gasteiger partial charge in [-0.05, 0) is 31.8 Å². The minimum absolute atomic E-state index is 0.0393. The molecule has 0 saturated carbocycles. The van der Waals surface area contributed by atoms with Crippen LogP contribution in [0.1, 0.15) is 47.5 Å². The SMILES string of the molecule is CCOC(=O)/C=C/[C@H]1O[C@@H]1[C@H](C)[C@H](O)[C@H](C)[C@H]1O[C@H]([C@H](C)CO)CC[C@@H]1C. The summed E-state index contributed by atoms with van der Waals surface area (Å²) in [4.78, 5) is 11.4. The molecule has 0 aromatic heterocycles. The third kappa shape index (κ3) is 5.76. The molecule has 0 unspecified atom stereocenters. The molecule has 2 rings (SSSR count). The lowest BCUT2D eigenvalue weighted by Crippen LogP contribution is -2.46. The first kappa shape index (κ1) is 22.3. The first-order chi connectivity index (χ1) is 12.8. The van der Waals surface area contributed by atoms with E-state index in [9.17, 15) is 15.0 Å². The number of esters is 1. The second kappa shape index (κ2) is 10.0. The molecule has 156 valence electrons. The predicted octanol–water partition coefficient (Wildman–Crippen LogP) is 2.32. The summed E-state index contributed by atoms with van der Waals surface area (Å²) in [6.45, 7) is 10.4. The lowest BCUT2D eigenvalue weighted by molar-refractivity contribution is -0.149. The van der Waals surface area contributed by atoms with Crippen molar-refractivity contribution in [2.45, 2.75) is 78.0 Å². The van der Waals surface area contributed by atoms with Crippen molar-refractivity contribution in [3.8, 4) is 0 Å². The molecule has 0 aromatic rings. The van der Waals surface area contributed by atoms with Gasteiger partial charge in [-0.15, -0.1) is 0 Å². The van der Waals surface area contributed by atoms with E-state index >= 15 is 0 Å². The van der Waals surface area contributed by atoms with Gasteiger partial charge in [-0.2, -0.15) is 0 Å². The largest absolute Gasteiger partial charge is 0.463 e. The van der Waals surface area contributed by atoms with Crippen molar-refractivity contribution in [2.75, 3.05) is 13.2 Å². The number of hydrogen-bond acceptors (Lipinski definition) is 6. The maximum atomic E-state index is 11.4. The van der Waals surface area contributed by atoms with Crippen molar-refractivity contribution in [1.29, 1.82) is 0 Å². The van der Waals surface area contributed by atoms with Crippen LogP contribution in [0.2, 0.25) is 0 Å². The van der Waals surface area contributed by atoms with Gasteiger partial charge in [0.15, 0.2) is 0 Å². The summed E-state index contributed by atoms with van der Waals surface area (Å²) < 4.78 is 16.8. The molecule has 0 aliphatic carbocycles. The van der Waals surface area contributed by atoms with Crippen LogP contribution in [0, 0.1) is 23.7 Å². The molecule has 0 bridgehead atoms. The van der Waals surface area contributed by atoms with E-state index in [1.807, 2.05) is 20.8 Å². The van der Waals surface area contributed by atoms with Crippen LogP contribution in [0.4, 0.5) is 0 Å². The Bertz CT molecular complexity index is 507. The second-order valence-electron chi connectivity index (χ2n) is 8.24. The Morgan fingerprint density at radius 2 is 1.85 bits per heavy atom. The van der Waals surface area contributed by atoms with E-state index in [4.69, 9.17) is 14.2 Å². The lowest BCUT2D eigenvalue weighted by atomic mass is 9.78. The topological polar surface area (TPSA) is 88.5 Å². The predicted molar refractivity (Wildman–Crippen MR) is 102 cm³/mol. The summed E-state index contributed by atoms with van der Waals surface area (Å²) in [6, 6.07) is 0. The van der Waals surface area contributed by atoms with Crippen LogP contribution < -0.4 is 0 Å². The highest BCUT2D eigenvalue weighted by atomic mass is 16.6. The minimum Gasteiger partial charge on any atom is -0.463 e. The molecule has 2 saturated heterocycles. The summed E-state index contributed by atoms with van der Waals surface area (Å²) in [5.74, 6) is -0.0118. The fraction of sp³-hybridized carbons (Fsp3) is 0.857. The van der Waals surface area contributed by atoms with Crippen molar-refractivity contribution in [2.24, 2.45) is 23.7 Å². The number of ether oxygens (including phenoxy) is 3. The normalized spacial score (nSPS) is 35.4. The summed E-state index contributed by atoms with van der Waals surface area (Å²) >= 11 is 0. The molecule has 6 heteroatoms. The Balaban J connectivity index is 1.90. The molecule has 9 atom stereocenters. The zero-order chi connectivity index (χ0) is 20.1. The number of aliphatic hydroxyl groups excluding tert-OH is 2. The van der Waals surface area contributed by atoms with E-state index in [-0.39, 0.29) is 54.7 Å². The maximum absolute atomic E-state index is 11.4. The van der Waals surface area contributed by atoms with Crippen molar-refractivity contribution >= 4 is 5.97 Å². The first-order valence-electron chi connectivity index (χ1n) is 10.2. The lowest BCUT2D eigenvalue weighted by Gasteiger charge is -2.42. The zero-order valence-corrected chi connectivity index (χ0v) is 17.2.